The number of methoxy groups -OCH3 is 1. The van der Waals surface area contributed by atoms with Crippen molar-refractivity contribution >= 4 is 17.5 Å². The summed E-state index contributed by atoms with van der Waals surface area (Å²) in [6.45, 7) is 5.51. The van der Waals surface area contributed by atoms with Crippen LogP contribution in [0.1, 0.15) is 29.5 Å². The highest BCUT2D eigenvalue weighted by Crippen LogP contribution is 2.27. The van der Waals surface area contributed by atoms with Crippen LogP contribution in [0.4, 0.5) is 0 Å². The third-order valence-corrected chi connectivity index (χ3v) is 3.67. The van der Waals surface area contributed by atoms with Gasteiger partial charge in [0.15, 0.2) is 5.69 Å². The van der Waals surface area contributed by atoms with E-state index in [9.17, 15) is 4.79 Å². The summed E-state index contributed by atoms with van der Waals surface area (Å²) in [5.41, 5.74) is 1.51. The molecule has 0 aliphatic heterocycles. The van der Waals surface area contributed by atoms with E-state index in [0.717, 1.165) is 6.42 Å². The standard InChI is InChI=1S/C16H21ClN4O3/c1-4-24-9-5-8-18-16(22)15-11(2)21(20-19-15)13-10-12(17)6-7-14(13)23-3/h6-7,10H,4-5,8-9H2,1-3H3,(H,18,22). The van der Waals surface area contributed by atoms with Crippen LogP contribution in [0.5, 0.6) is 5.75 Å². The first kappa shape index (κ1) is 18.2. The maximum atomic E-state index is 12.2. The van der Waals surface area contributed by atoms with Gasteiger partial charge in [0.05, 0.1) is 12.8 Å². The Hall–Kier alpha value is -2.12. The second-order valence-electron chi connectivity index (χ2n) is 5.06. The van der Waals surface area contributed by atoms with Crippen LogP contribution >= 0.6 is 11.6 Å². The summed E-state index contributed by atoms with van der Waals surface area (Å²) in [4.78, 5) is 12.2. The molecule has 7 nitrogen and oxygen atoms in total. The zero-order chi connectivity index (χ0) is 17.5. The average Bonchev–Trinajstić information content (AvgIpc) is 2.96. The molecule has 0 spiro atoms. The number of halogens is 1. The van der Waals surface area contributed by atoms with Crippen LogP contribution in [0.15, 0.2) is 18.2 Å². The summed E-state index contributed by atoms with van der Waals surface area (Å²) in [6.07, 6.45) is 0.745. The molecule has 0 aliphatic carbocycles. The lowest BCUT2D eigenvalue weighted by molar-refractivity contribution is 0.0938. The molecule has 1 aromatic heterocycles. The molecule has 2 rings (SSSR count). The quantitative estimate of drug-likeness (QED) is 0.738. The Morgan fingerprint density at radius 3 is 2.92 bits per heavy atom. The number of ether oxygens (including phenoxy) is 2. The van der Waals surface area contributed by atoms with Gasteiger partial charge in [-0.15, -0.1) is 5.10 Å². The number of amides is 1. The Kier molecular flexibility index (Phi) is 6.57. The molecule has 0 bridgehead atoms. The number of benzene rings is 1. The zero-order valence-corrected chi connectivity index (χ0v) is 14.8. The maximum absolute atomic E-state index is 12.2. The largest absolute Gasteiger partial charge is 0.494 e. The number of carbonyl (C=O) groups is 1. The fourth-order valence-electron chi connectivity index (χ4n) is 2.20. The third-order valence-electron chi connectivity index (χ3n) is 3.43. The predicted molar refractivity (Wildman–Crippen MR) is 91.1 cm³/mol. The van der Waals surface area contributed by atoms with Crippen LogP contribution < -0.4 is 10.1 Å². The van der Waals surface area contributed by atoms with Crippen molar-refractivity contribution in [3.8, 4) is 11.4 Å². The number of carbonyl (C=O) groups excluding carboxylic acids is 1. The monoisotopic (exact) mass is 352 g/mol. The molecule has 1 aromatic carbocycles. The molecule has 0 saturated carbocycles. The summed E-state index contributed by atoms with van der Waals surface area (Å²) in [6, 6.07) is 5.18. The van der Waals surface area contributed by atoms with E-state index in [2.05, 4.69) is 15.6 Å². The molecule has 0 atom stereocenters. The first-order valence-corrected chi connectivity index (χ1v) is 8.08. The van der Waals surface area contributed by atoms with Crippen molar-refractivity contribution < 1.29 is 14.3 Å². The topological polar surface area (TPSA) is 78.3 Å². The molecule has 0 unspecified atom stereocenters. The predicted octanol–water partition coefficient (Wildman–Crippen LogP) is 2.39. The fourth-order valence-corrected chi connectivity index (χ4v) is 2.37. The van der Waals surface area contributed by atoms with Gasteiger partial charge in [-0.25, -0.2) is 4.68 Å². The van der Waals surface area contributed by atoms with Gasteiger partial charge in [0, 0.05) is 24.8 Å². The van der Waals surface area contributed by atoms with Gasteiger partial charge in [0.25, 0.3) is 5.91 Å². The summed E-state index contributed by atoms with van der Waals surface area (Å²) < 4.78 is 12.1. The second kappa shape index (κ2) is 8.65. The minimum absolute atomic E-state index is 0.267. The number of nitrogens with one attached hydrogen (secondary N) is 1. The Morgan fingerprint density at radius 2 is 2.21 bits per heavy atom. The lowest BCUT2D eigenvalue weighted by Gasteiger charge is -2.10. The number of rotatable bonds is 8. The van der Waals surface area contributed by atoms with Gasteiger partial charge in [0.2, 0.25) is 0 Å². The number of hydrogen-bond donors (Lipinski definition) is 1. The van der Waals surface area contributed by atoms with Crippen LogP contribution in [0, 0.1) is 6.92 Å². The van der Waals surface area contributed by atoms with E-state index in [1.165, 1.54) is 0 Å². The van der Waals surface area contributed by atoms with Crippen molar-refractivity contribution in [1.82, 2.24) is 20.3 Å². The van der Waals surface area contributed by atoms with Crippen molar-refractivity contribution in [2.45, 2.75) is 20.3 Å². The molecular weight excluding hydrogens is 332 g/mol. The first-order valence-electron chi connectivity index (χ1n) is 7.70. The van der Waals surface area contributed by atoms with E-state index in [1.807, 2.05) is 6.92 Å². The van der Waals surface area contributed by atoms with E-state index in [1.54, 1.807) is 36.9 Å². The van der Waals surface area contributed by atoms with Crippen molar-refractivity contribution in [3.05, 3.63) is 34.6 Å². The summed E-state index contributed by atoms with van der Waals surface area (Å²) in [5, 5.41) is 11.4. The van der Waals surface area contributed by atoms with Crippen molar-refractivity contribution in [2.75, 3.05) is 26.9 Å². The summed E-state index contributed by atoms with van der Waals surface area (Å²) in [5.74, 6) is 0.326. The molecule has 1 heterocycles. The van der Waals surface area contributed by atoms with Crippen LogP contribution in [-0.2, 0) is 4.74 Å². The molecule has 130 valence electrons. The maximum Gasteiger partial charge on any atom is 0.273 e. The van der Waals surface area contributed by atoms with Gasteiger partial charge in [-0.3, -0.25) is 4.79 Å². The van der Waals surface area contributed by atoms with Gasteiger partial charge in [-0.1, -0.05) is 16.8 Å². The van der Waals surface area contributed by atoms with E-state index in [4.69, 9.17) is 21.1 Å². The van der Waals surface area contributed by atoms with Crippen molar-refractivity contribution in [2.24, 2.45) is 0 Å². The Morgan fingerprint density at radius 1 is 1.42 bits per heavy atom. The van der Waals surface area contributed by atoms with Gasteiger partial charge in [-0.05, 0) is 38.5 Å². The van der Waals surface area contributed by atoms with E-state index >= 15 is 0 Å². The van der Waals surface area contributed by atoms with E-state index < -0.39 is 0 Å². The molecule has 0 fully saturated rings. The Bertz CT molecular complexity index is 703. The van der Waals surface area contributed by atoms with Gasteiger partial charge in [0.1, 0.15) is 11.4 Å². The molecule has 1 N–H and O–H groups in total. The van der Waals surface area contributed by atoms with Crippen molar-refractivity contribution in [3.63, 3.8) is 0 Å². The zero-order valence-electron chi connectivity index (χ0n) is 14.0. The smallest absolute Gasteiger partial charge is 0.273 e. The molecule has 0 radical (unpaired) electrons. The van der Waals surface area contributed by atoms with Gasteiger partial charge in [-0.2, -0.15) is 0 Å². The molecule has 0 saturated heterocycles. The Labute approximate surface area is 145 Å². The molecule has 2 aromatic rings. The summed E-state index contributed by atoms with van der Waals surface area (Å²) >= 11 is 6.05. The molecule has 1 amide bonds. The highest BCUT2D eigenvalue weighted by Gasteiger charge is 2.19. The van der Waals surface area contributed by atoms with Crippen LogP contribution in [0.2, 0.25) is 5.02 Å². The van der Waals surface area contributed by atoms with Crippen LogP contribution in [0.3, 0.4) is 0 Å². The molecule has 24 heavy (non-hydrogen) atoms. The number of hydrogen-bond acceptors (Lipinski definition) is 5. The summed E-state index contributed by atoms with van der Waals surface area (Å²) in [7, 11) is 1.56. The second-order valence-corrected chi connectivity index (χ2v) is 5.49. The lowest BCUT2D eigenvalue weighted by Crippen LogP contribution is -2.26. The minimum atomic E-state index is -0.267. The highest BCUT2D eigenvalue weighted by atomic mass is 35.5. The lowest BCUT2D eigenvalue weighted by atomic mass is 10.2. The van der Waals surface area contributed by atoms with Gasteiger partial charge < -0.3 is 14.8 Å². The molecule has 8 heteroatoms. The SMILES string of the molecule is CCOCCCNC(=O)c1nnn(-c2cc(Cl)ccc2OC)c1C. The fraction of sp³-hybridized carbons (Fsp3) is 0.438. The molecule has 0 aliphatic rings. The van der Waals surface area contributed by atoms with Crippen LogP contribution in [-0.4, -0.2) is 47.8 Å². The first-order chi connectivity index (χ1) is 11.6. The van der Waals surface area contributed by atoms with Crippen molar-refractivity contribution in [1.29, 1.82) is 0 Å². The van der Waals surface area contributed by atoms with E-state index in [0.29, 0.717) is 41.9 Å². The highest BCUT2D eigenvalue weighted by molar-refractivity contribution is 6.30. The number of aromatic nitrogens is 3. The van der Waals surface area contributed by atoms with E-state index in [-0.39, 0.29) is 11.6 Å². The van der Waals surface area contributed by atoms with Crippen LogP contribution in [0.25, 0.3) is 5.69 Å². The van der Waals surface area contributed by atoms with Gasteiger partial charge >= 0.3 is 0 Å². The normalized spacial score (nSPS) is 10.7. The third kappa shape index (κ3) is 4.24. The average molecular weight is 353 g/mol. The minimum Gasteiger partial charge on any atom is -0.494 e. The Balaban J connectivity index is 2.14. The molecular formula is C16H21ClN4O3. The number of nitrogens with zero attached hydrogens (tertiary/aromatic N) is 3.